The Labute approximate surface area is 275 Å². The fourth-order valence-corrected chi connectivity index (χ4v) is 4.51. The van der Waals surface area contributed by atoms with E-state index < -0.39 is 16.6 Å². The molecule has 0 amide bonds. The van der Waals surface area contributed by atoms with E-state index in [9.17, 15) is 0 Å². The standard InChI is InChI=1S/C30H66O13Si2/c1-44(2,3)42-29-27-40-25-23-38-21-19-36-17-15-34-13-11-32-9-7-31-8-10-33-12-14-35-16-18-37-20-22-39-24-26-41-28-30-43-45(4,5)6/h7-30H2,1-6H3. The molecule has 0 atom stereocenters. The Morgan fingerprint density at radius 1 is 0.200 bits per heavy atom. The van der Waals surface area contributed by atoms with Crippen molar-refractivity contribution in [2.75, 3.05) is 159 Å². The molecule has 13 nitrogen and oxygen atoms in total. The zero-order valence-corrected chi connectivity index (χ0v) is 31.3. The van der Waals surface area contributed by atoms with E-state index in [0.29, 0.717) is 159 Å². The summed E-state index contributed by atoms with van der Waals surface area (Å²) in [4.78, 5) is 0. The maximum Gasteiger partial charge on any atom is 0.183 e. The summed E-state index contributed by atoms with van der Waals surface area (Å²) in [5, 5.41) is 0. The molecule has 0 aliphatic heterocycles. The first kappa shape index (κ1) is 44.9. The molecule has 0 spiro atoms. The first-order valence-electron chi connectivity index (χ1n) is 16.3. The Balaban J connectivity index is 3.07. The predicted octanol–water partition coefficient (Wildman–Crippen LogP) is 2.87. The Hall–Kier alpha value is -0.0862. The van der Waals surface area contributed by atoms with Crippen LogP contribution in [0.2, 0.25) is 39.3 Å². The fraction of sp³-hybridized carbons (Fsp3) is 1.00. The van der Waals surface area contributed by atoms with E-state index in [1.807, 2.05) is 0 Å². The van der Waals surface area contributed by atoms with Crippen LogP contribution in [0.3, 0.4) is 0 Å². The van der Waals surface area contributed by atoms with Gasteiger partial charge >= 0.3 is 0 Å². The van der Waals surface area contributed by atoms with E-state index in [0.717, 1.165) is 0 Å². The van der Waals surface area contributed by atoms with Gasteiger partial charge in [0.25, 0.3) is 0 Å². The second kappa shape index (κ2) is 33.8. The average molecular weight is 691 g/mol. The van der Waals surface area contributed by atoms with E-state index in [1.165, 1.54) is 0 Å². The Bertz CT molecular complexity index is 533. The molecule has 0 fully saturated rings. The molecule has 15 heteroatoms. The smallest absolute Gasteiger partial charge is 0.183 e. The van der Waals surface area contributed by atoms with Crippen molar-refractivity contribution in [3.05, 3.63) is 0 Å². The van der Waals surface area contributed by atoms with Crippen LogP contribution in [-0.4, -0.2) is 175 Å². The van der Waals surface area contributed by atoms with Gasteiger partial charge in [0.2, 0.25) is 0 Å². The third-order valence-corrected chi connectivity index (χ3v) is 7.39. The third-order valence-electron chi connectivity index (χ3n) is 5.25. The maximum absolute atomic E-state index is 5.72. The van der Waals surface area contributed by atoms with E-state index in [-0.39, 0.29) is 0 Å². The van der Waals surface area contributed by atoms with Crippen LogP contribution in [0.25, 0.3) is 0 Å². The average Bonchev–Trinajstić information content (AvgIpc) is 2.97. The van der Waals surface area contributed by atoms with Crippen LogP contribution < -0.4 is 0 Å². The van der Waals surface area contributed by atoms with Gasteiger partial charge in [0, 0.05) is 0 Å². The monoisotopic (exact) mass is 690 g/mol. The number of ether oxygens (including phenoxy) is 11. The summed E-state index contributed by atoms with van der Waals surface area (Å²) in [7, 11) is -2.90. The zero-order chi connectivity index (χ0) is 33.2. The van der Waals surface area contributed by atoms with Crippen molar-refractivity contribution in [3.8, 4) is 0 Å². The minimum Gasteiger partial charge on any atom is -0.415 e. The van der Waals surface area contributed by atoms with Crippen molar-refractivity contribution >= 4 is 16.6 Å². The van der Waals surface area contributed by atoms with Gasteiger partial charge in [-0.1, -0.05) is 0 Å². The van der Waals surface area contributed by atoms with E-state index >= 15 is 0 Å². The number of hydrogen-bond donors (Lipinski definition) is 0. The molecule has 0 aliphatic carbocycles. The molecule has 0 aromatic rings. The van der Waals surface area contributed by atoms with Gasteiger partial charge in [-0.05, 0) is 39.3 Å². The molecule has 0 saturated heterocycles. The molecule has 0 unspecified atom stereocenters. The lowest BCUT2D eigenvalue weighted by Gasteiger charge is -2.16. The lowest BCUT2D eigenvalue weighted by Crippen LogP contribution is -2.27. The minimum absolute atomic E-state index is 0.516. The molecule has 0 bridgehead atoms. The highest BCUT2D eigenvalue weighted by Gasteiger charge is 2.13. The highest BCUT2D eigenvalue weighted by atomic mass is 28.4. The van der Waals surface area contributed by atoms with Crippen molar-refractivity contribution < 1.29 is 61.0 Å². The van der Waals surface area contributed by atoms with Gasteiger partial charge in [-0.25, -0.2) is 0 Å². The van der Waals surface area contributed by atoms with Crippen LogP contribution >= 0.6 is 0 Å². The minimum atomic E-state index is -1.45. The topological polar surface area (TPSA) is 120 Å². The SMILES string of the molecule is C[Si](C)(C)OCCOCCOCCOCCOCCOCCOCCOCCOCCOCCOCCOCCO[Si](C)(C)C. The second-order valence-electron chi connectivity index (χ2n) is 11.7. The van der Waals surface area contributed by atoms with Crippen LogP contribution in [0.15, 0.2) is 0 Å². The van der Waals surface area contributed by atoms with Gasteiger partial charge in [-0.2, -0.15) is 0 Å². The van der Waals surface area contributed by atoms with Crippen molar-refractivity contribution in [3.63, 3.8) is 0 Å². The molecular formula is C30H66O13Si2. The van der Waals surface area contributed by atoms with E-state index in [1.54, 1.807) is 0 Å². The molecule has 0 aromatic heterocycles. The predicted molar refractivity (Wildman–Crippen MR) is 178 cm³/mol. The first-order valence-corrected chi connectivity index (χ1v) is 23.2. The number of hydrogen-bond acceptors (Lipinski definition) is 13. The van der Waals surface area contributed by atoms with Crippen LogP contribution in [0.5, 0.6) is 0 Å². The molecule has 0 N–H and O–H groups in total. The fourth-order valence-electron chi connectivity index (χ4n) is 3.11. The van der Waals surface area contributed by atoms with Gasteiger partial charge in [0.15, 0.2) is 16.6 Å². The van der Waals surface area contributed by atoms with Gasteiger partial charge < -0.3 is 61.0 Å². The molecule has 0 aliphatic rings. The molecule has 45 heavy (non-hydrogen) atoms. The highest BCUT2D eigenvalue weighted by Crippen LogP contribution is 2.02. The second-order valence-corrected chi connectivity index (χ2v) is 20.7. The van der Waals surface area contributed by atoms with Gasteiger partial charge in [-0.15, -0.1) is 0 Å². The molecule has 0 aromatic carbocycles. The van der Waals surface area contributed by atoms with Crippen LogP contribution in [0, 0.1) is 0 Å². The lowest BCUT2D eigenvalue weighted by atomic mass is 10.6. The third kappa shape index (κ3) is 43.9. The van der Waals surface area contributed by atoms with Crippen molar-refractivity contribution in [1.29, 1.82) is 0 Å². The summed E-state index contributed by atoms with van der Waals surface area (Å²) < 4.78 is 71.7. The normalized spacial score (nSPS) is 12.4. The quantitative estimate of drug-likeness (QED) is 0.0699. The Kier molecular flexibility index (Phi) is 33.7. The van der Waals surface area contributed by atoms with E-state index in [4.69, 9.17) is 61.0 Å². The maximum atomic E-state index is 5.72. The van der Waals surface area contributed by atoms with Crippen LogP contribution in [0.1, 0.15) is 0 Å². The summed E-state index contributed by atoms with van der Waals surface area (Å²) in [6.07, 6.45) is 0. The zero-order valence-electron chi connectivity index (χ0n) is 29.3. The summed E-state index contributed by atoms with van der Waals surface area (Å²) in [5.41, 5.74) is 0. The molecule has 0 radical (unpaired) electrons. The van der Waals surface area contributed by atoms with Crippen LogP contribution in [0.4, 0.5) is 0 Å². The van der Waals surface area contributed by atoms with Gasteiger partial charge in [0.05, 0.1) is 159 Å². The Morgan fingerprint density at radius 2 is 0.311 bits per heavy atom. The van der Waals surface area contributed by atoms with Gasteiger partial charge in [0.1, 0.15) is 0 Å². The van der Waals surface area contributed by atoms with Gasteiger partial charge in [-0.3, -0.25) is 0 Å². The first-order chi connectivity index (χ1) is 21.7. The summed E-state index contributed by atoms with van der Waals surface area (Å²) in [6, 6.07) is 0. The lowest BCUT2D eigenvalue weighted by molar-refractivity contribution is -0.0279. The van der Waals surface area contributed by atoms with Crippen LogP contribution in [-0.2, 0) is 61.0 Å². The van der Waals surface area contributed by atoms with E-state index in [2.05, 4.69) is 39.3 Å². The molecule has 0 rings (SSSR count). The molecule has 0 saturated carbocycles. The number of rotatable bonds is 38. The summed E-state index contributed by atoms with van der Waals surface area (Å²) >= 11 is 0. The summed E-state index contributed by atoms with van der Waals surface area (Å²) in [6.45, 7) is 26.1. The molecule has 0 heterocycles. The highest BCUT2D eigenvalue weighted by molar-refractivity contribution is 6.70. The van der Waals surface area contributed by atoms with Crippen molar-refractivity contribution in [1.82, 2.24) is 0 Å². The van der Waals surface area contributed by atoms with Crippen molar-refractivity contribution in [2.24, 2.45) is 0 Å². The Morgan fingerprint density at radius 3 is 0.422 bits per heavy atom. The largest absolute Gasteiger partial charge is 0.415 e. The molecule has 272 valence electrons. The summed E-state index contributed by atoms with van der Waals surface area (Å²) in [5.74, 6) is 0. The van der Waals surface area contributed by atoms with Crippen molar-refractivity contribution in [2.45, 2.75) is 39.3 Å². The molecular weight excluding hydrogens is 624 g/mol.